The molecule has 1 amide bonds. The second kappa shape index (κ2) is 8.09. The van der Waals surface area contributed by atoms with Crippen LogP contribution in [0.3, 0.4) is 0 Å². The highest BCUT2D eigenvalue weighted by atomic mass is 32.1. The van der Waals surface area contributed by atoms with Crippen LogP contribution < -0.4 is 15.1 Å². The number of hydrogen-bond acceptors (Lipinski definition) is 6. The van der Waals surface area contributed by atoms with Crippen LogP contribution in [0.2, 0.25) is 0 Å². The number of amides is 1. The zero-order valence-corrected chi connectivity index (χ0v) is 18.2. The van der Waals surface area contributed by atoms with Crippen molar-refractivity contribution in [3.05, 3.63) is 99.4 Å². The molecule has 1 aliphatic rings. The van der Waals surface area contributed by atoms with Crippen molar-refractivity contribution in [1.29, 1.82) is 0 Å². The number of aromatic nitrogens is 1. The van der Waals surface area contributed by atoms with E-state index in [1.54, 1.807) is 28.6 Å². The van der Waals surface area contributed by atoms with Crippen molar-refractivity contribution in [2.75, 3.05) is 11.5 Å². The molecule has 6 nitrogen and oxygen atoms in total. The van der Waals surface area contributed by atoms with Gasteiger partial charge in [0, 0.05) is 11.6 Å². The van der Waals surface area contributed by atoms with E-state index in [4.69, 9.17) is 9.15 Å². The van der Waals surface area contributed by atoms with Crippen LogP contribution in [0.5, 0.6) is 5.75 Å². The van der Waals surface area contributed by atoms with Crippen LogP contribution in [0.15, 0.2) is 75.9 Å². The number of benzene rings is 2. The maximum Gasteiger partial charge on any atom is 0.297 e. The predicted molar refractivity (Wildman–Crippen MR) is 125 cm³/mol. The lowest BCUT2D eigenvalue weighted by Crippen LogP contribution is -2.29. The second-order valence-electron chi connectivity index (χ2n) is 7.42. The van der Waals surface area contributed by atoms with E-state index in [-0.39, 0.29) is 17.1 Å². The van der Waals surface area contributed by atoms with Gasteiger partial charge in [0.25, 0.3) is 5.91 Å². The van der Waals surface area contributed by atoms with E-state index in [1.165, 1.54) is 11.3 Å². The molecule has 4 aromatic rings. The molecule has 32 heavy (non-hydrogen) atoms. The molecule has 1 unspecified atom stereocenters. The average molecular weight is 445 g/mol. The van der Waals surface area contributed by atoms with Crippen molar-refractivity contribution in [2.24, 2.45) is 0 Å². The van der Waals surface area contributed by atoms with Gasteiger partial charge in [-0.3, -0.25) is 14.5 Å². The Morgan fingerprint density at radius 2 is 2.03 bits per heavy atom. The number of aryl methyl sites for hydroxylation is 1. The zero-order valence-electron chi connectivity index (χ0n) is 17.4. The zero-order chi connectivity index (χ0) is 22.2. The third-order valence-corrected chi connectivity index (χ3v) is 6.30. The Balaban J connectivity index is 1.71. The van der Waals surface area contributed by atoms with E-state index in [9.17, 15) is 9.59 Å². The van der Waals surface area contributed by atoms with Crippen LogP contribution in [0, 0.1) is 0 Å². The minimum absolute atomic E-state index is 0.0685. The average Bonchev–Trinajstić information content (AvgIpc) is 3.45. The van der Waals surface area contributed by atoms with Crippen molar-refractivity contribution in [1.82, 2.24) is 4.98 Å². The highest BCUT2D eigenvalue weighted by Gasteiger charge is 2.44. The summed E-state index contributed by atoms with van der Waals surface area (Å²) in [6.45, 7) is 6.08. The van der Waals surface area contributed by atoms with Crippen LogP contribution in [-0.4, -0.2) is 17.5 Å². The Kier molecular flexibility index (Phi) is 5.11. The molecule has 160 valence electrons. The summed E-state index contributed by atoms with van der Waals surface area (Å²) in [4.78, 5) is 33.0. The molecule has 2 aromatic heterocycles. The molecule has 0 saturated carbocycles. The first-order chi connectivity index (χ1) is 15.6. The molecule has 0 saturated heterocycles. The van der Waals surface area contributed by atoms with Crippen LogP contribution in [0.25, 0.3) is 11.0 Å². The number of thiazole rings is 1. The van der Waals surface area contributed by atoms with Gasteiger partial charge < -0.3 is 9.15 Å². The first kappa shape index (κ1) is 20.2. The standard InChI is InChI=1S/C25H20N2O4S/c1-3-12-30-17-8-6-16(7-9-17)21-20-22(28)18-14-15(4-2)5-10-19(18)31-23(20)24(29)27(21)25-26-11-13-32-25/h3,5-11,13-14,21H,1,4,12H2,2H3. The van der Waals surface area contributed by atoms with Gasteiger partial charge in [-0.15, -0.1) is 11.3 Å². The molecule has 1 aliphatic heterocycles. The number of ether oxygens (including phenoxy) is 1. The molecule has 0 spiro atoms. The van der Waals surface area contributed by atoms with Gasteiger partial charge in [0.05, 0.1) is 17.0 Å². The minimum Gasteiger partial charge on any atom is -0.490 e. The normalized spacial score (nSPS) is 15.2. The first-order valence-electron chi connectivity index (χ1n) is 10.3. The predicted octanol–water partition coefficient (Wildman–Crippen LogP) is 5.13. The smallest absolute Gasteiger partial charge is 0.297 e. The molecule has 5 rings (SSSR count). The molecule has 0 radical (unpaired) electrons. The summed E-state index contributed by atoms with van der Waals surface area (Å²) in [6, 6.07) is 12.2. The van der Waals surface area contributed by atoms with Crippen molar-refractivity contribution in [3.63, 3.8) is 0 Å². The van der Waals surface area contributed by atoms with Gasteiger partial charge >= 0.3 is 0 Å². The molecule has 0 fully saturated rings. The van der Waals surface area contributed by atoms with Crippen LogP contribution >= 0.6 is 11.3 Å². The third-order valence-electron chi connectivity index (χ3n) is 5.53. The SMILES string of the molecule is C=CCOc1ccc(C2c3c(oc4ccc(CC)cc4c3=O)C(=O)N2c2nccs2)cc1. The summed E-state index contributed by atoms with van der Waals surface area (Å²) < 4.78 is 11.6. The third kappa shape index (κ3) is 3.22. The molecule has 3 heterocycles. The molecular weight excluding hydrogens is 424 g/mol. The summed E-state index contributed by atoms with van der Waals surface area (Å²) in [5.74, 6) is 0.376. The fourth-order valence-corrected chi connectivity index (χ4v) is 4.66. The van der Waals surface area contributed by atoms with Crippen molar-refractivity contribution in [2.45, 2.75) is 19.4 Å². The van der Waals surface area contributed by atoms with E-state index in [2.05, 4.69) is 11.6 Å². The summed E-state index contributed by atoms with van der Waals surface area (Å²) in [6.07, 6.45) is 4.11. The number of anilines is 1. The number of carbonyl (C=O) groups excluding carboxylic acids is 1. The van der Waals surface area contributed by atoms with Gasteiger partial charge in [-0.2, -0.15) is 0 Å². The Bertz CT molecular complexity index is 1370. The maximum atomic E-state index is 13.6. The molecule has 0 N–H and O–H groups in total. The topological polar surface area (TPSA) is 72.6 Å². The summed E-state index contributed by atoms with van der Waals surface area (Å²) >= 11 is 1.34. The van der Waals surface area contributed by atoms with Gasteiger partial charge in [-0.1, -0.05) is 37.8 Å². The van der Waals surface area contributed by atoms with Crippen LogP contribution in [0.4, 0.5) is 5.13 Å². The lowest BCUT2D eigenvalue weighted by atomic mass is 9.98. The number of nitrogens with zero attached hydrogens (tertiary/aromatic N) is 2. The Morgan fingerprint density at radius 1 is 1.22 bits per heavy atom. The summed E-state index contributed by atoms with van der Waals surface area (Å²) in [5, 5.41) is 2.79. The van der Waals surface area contributed by atoms with E-state index in [0.717, 1.165) is 17.5 Å². The van der Waals surface area contributed by atoms with Crippen LogP contribution in [0.1, 0.15) is 40.2 Å². The Labute approximate surface area is 188 Å². The van der Waals surface area contributed by atoms with Crippen molar-refractivity contribution >= 4 is 33.3 Å². The lowest BCUT2D eigenvalue weighted by molar-refractivity contribution is 0.0971. The van der Waals surface area contributed by atoms with Gasteiger partial charge in [-0.25, -0.2) is 4.98 Å². The molecule has 1 atom stereocenters. The van der Waals surface area contributed by atoms with Crippen molar-refractivity contribution in [3.8, 4) is 5.75 Å². The number of fused-ring (bicyclic) bond motifs is 2. The second-order valence-corrected chi connectivity index (χ2v) is 8.29. The van der Waals surface area contributed by atoms with Gasteiger partial charge in [0.2, 0.25) is 5.76 Å². The molecule has 0 bridgehead atoms. The van der Waals surface area contributed by atoms with E-state index < -0.39 is 6.04 Å². The van der Waals surface area contributed by atoms with Gasteiger partial charge in [0.1, 0.15) is 17.9 Å². The lowest BCUT2D eigenvalue weighted by Gasteiger charge is -2.22. The van der Waals surface area contributed by atoms with Crippen LogP contribution in [-0.2, 0) is 6.42 Å². The number of hydrogen-bond donors (Lipinski definition) is 0. The number of rotatable bonds is 6. The summed E-state index contributed by atoms with van der Waals surface area (Å²) in [5.41, 5.74) is 2.36. The first-order valence-corrected chi connectivity index (χ1v) is 11.2. The molecule has 0 aliphatic carbocycles. The Morgan fingerprint density at radius 3 is 2.72 bits per heavy atom. The van der Waals surface area contributed by atoms with Gasteiger partial charge in [0.15, 0.2) is 10.6 Å². The maximum absolute atomic E-state index is 13.6. The largest absolute Gasteiger partial charge is 0.490 e. The monoisotopic (exact) mass is 444 g/mol. The molecule has 2 aromatic carbocycles. The Hall–Kier alpha value is -3.71. The van der Waals surface area contributed by atoms with E-state index in [1.807, 2.05) is 43.3 Å². The summed E-state index contributed by atoms with van der Waals surface area (Å²) in [7, 11) is 0. The molecular formula is C25H20N2O4S. The quantitative estimate of drug-likeness (QED) is 0.386. The van der Waals surface area contributed by atoms with E-state index in [0.29, 0.717) is 34.0 Å². The minimum atomic E-state index is -0.636. The van der Waals surface area contributed by atoms with Crippen molar-refractivity contribution < 1.29 is 13.9 Å². The highest BCUT2D eigenvalue weighted by molar-refractivity contribution is 7.13. The number of carbonyl (C=O) groups is 1. The fourth-order valence-electron chi connectivity index (χ4n) is 3.99. The molecule has 7 heteroatoms. The van der Waals surface area contributed by atoms with E-state index >= 15 is 0 Å². The van der Waals surface area contributed by atoms with Gasteiger partial charge in [-0.05, 0) is 41.8 Å². The highest BCUT2D eigenvalue weighted by Crippen LogP contribution is 2.42. The fraction of sp³-hybridized carbons (Fsp3) is 0.160.